The van der Waals surface area contributed by atoms with Crippen molar-refractivity contribution < 1.29 is 31.1 Å². The normalized spacial score (nSPS) is 17.3. The number of ether oxygens (including phenoxy) is 1. The van der Waals surface area contributed by atoms with E-state index in [1.165, 1.54) is 0 Å². The number of sulfonamides is 1. The molecule has 1 aromatic heterocycles. The van der Waals surface area contributed by atoms with Gasteiger partial charge in [0.2, 0.25) is 16.0 Å². The molecular formula is C19H16F3N3O4S. The Morgan fingerprint density at radius 2 is 2.00 bits per heavy atom. The molecular weight excluding hydrogens is 423 g/mol. The number of aromatic amines is 1. The summed E-state index contributed by atoms with van der Waals surface area (Å²) in [6.45, 7) is -0.0224. The first-order valence-electron chi connectivity index (χ1n) is 8.97. The maximum absolute atomic E-state index is 13.9. The molecule has 1 saturated heterocycles. The lowest BCUT2D eigenvalue weighted by atomic mass is 10.1. The van der Waals surface area contributed by atoms with Crippen LogP contribution in [0.2, 0.25) is 0 Å². The number of carbonyl (C=O) groups is 1. The minimum absolute atomic E-state index is 0.00442. The zero-order valence-corrected chi connectivity index (χ0v) is 16.2. The highest BCUT2D eigenvalue weighted by Crippen LogP contribution is 2.35. The molecule has 0 bridgehead atoms. The molecule has 7 nitrogen and oxygen atoms in total. The highest BCUT2D eigenvalue weighted by Gasteiger charge is 2.45. The van der Waals surface area contributed by atoms with Crippen molar-refractivity contribution in [1.29, 1.82) is 0 Å². The van der Waals surface area contributed by atoms with Crippen LogP contribution < -0.4 is 0 Å². The Labute approximate surface area is 169 Å². The van der Waals surface area contributed by atoms with E-state index in [4.69, 9.17) is 4.74 Å². The predicted octanol–water partition coefficient (Wildman–Crippen LogP) is 3.15. The highest BCUT2D eigenvalue weighted by atomic mass is 32.2. The Balaban J connectivity index is 1.61. The van der Waals surface area contributed by atoms with Crippen molar-refractivity contribution in [1.82, 2.24) is 14.5 Å². The van der Waals surface area contributed by atoms with Crippen LogP contribution in [-0.2, 0) is 26.2 Å². The average Bonchev–Trinajstić information content (AvgIpc) is 3.06. The minimum Gasteiger partial charge on any atom is -0.460 e. The number of carbonyl (C=O) groups excluding carboxylic acids is 1. The third-order valence-corrected chi connectivity index (χ3v) is 6.85. The zero-order valence-electron chi connectivity index (χ0n) is 15.4. The molecule has 0 spiro atoms. The Morgan fingerprint density at radius 1 is 1.27 bits per heavy atom. The lowest BCUT2D eigenvalue weighted by molar-refractivity contribution is -0.152. The molecule has 1 N–H and O–H groups in total. The minimum atomic E-state index is -4.39. The summed E-state index contributed by atoms with van der Waals surface area (Å²) in [5.74, 6) is -1.84. The standard InChI is InChI=1S/C19H16F3N3O4S/c20-17(21)12-8-13-16(23-24-18(13)22)15(9-12)30(27,28)25-7-6-14(25)19(26)29-10-11-4-2-1-3-5-11/h1-5,8-9,14,17H,6-7,10H2,(H,23,24)/t14-/m0/s1. The van der Waals surface area contributed by atoms with Crippen molar-refractivity contribution in [3.63, 3.8) is 0 Å². The van der Waals surface area contributed by atoms with Gasteiger partial charge < -0.3 is 4.74 Å². The molecule has 2 aromatic carbocycles. The van der Waals surface area contributed by atoms with Gasteiger partial charge in [0.05, 0.1) is 10.9 Å². The molecule has 2 heterocycles. The molecule has 0 amide bonds. The van der Waals surface area contributed by atoms with Gasteiger partial charge in [-0.05, 0) is 24.1 Å². The molecule has 1 fully saturated rings. The second-order valence-electron chi connectivity index (χ2n) is 6.77. The Morgan fingerprint density at radius 3 is 2.63 bits per heavy atom. The van der Waals surface area contributed by atoms with E-state index in [0.29, 0.717) is 0 Å². The molecule has 11 heteroatoms. The lowest BCUT2D eigenvalue weighted by Gasteiger charge is -2.37. The predicted molar refractivity (Wildman–Crippen MR) is 99.5 cm³/mol. The summed E-state index contributed by atoms with van der Waals surface area (Å²) in [4.78, 5) is 11.8. The van der Waals surface area contributed by atoms with Gasteiger partial charge in [-0.3, -0.25) is 9.89 Å². The number of rotatable bonds is 6. The second kappa shape index (κ2) is 7.73. The molecule has 1 aliphatic rings. The summed E-state index contributed by atoms with van der Waals surface area (Å²) in [5, 5.41) is 5.14. The molecule has 30 heavy (non-hydrogen) atoms. The van der Waals surface area contributed by atoms with Gasteiger partial charge >= 0.3 is 5.97 Å². The SMILES string of the molecule is O=C(OCc1ccccc1)[C@@H]1CCN1S(=O)(=O)c1cc(C(F)F)cc2c(F)n[nH]c12. The number of hydrogen-bond acceptors (Lipinski definition) is 5. The molecule has 4 rings (SSSR count). The number of hydrogen-bond donors (Lipinski definition) is 1. The number of esters is 1. The van der Waals surface area contributed by atoms with Crippen molar-refractivity contribution in [2.45, 2.75) is 30.4 Å². The lowest BCUT2D eigenvalue weighted by Crippen LogP contribution is -2.55. The van der Waals surface area contributed by atoms with E-state index in [1.54, 1.807) is 30.3 Å². The van der Waals surface area contributed by atoms with E-state index in [9.17, 15) is 26.4 Å². The van der Waals surface area contributed by atoms with Crippen LogP contribution in [-0.4, -0.2) is 41.5 Å². The average molecular weight is 439 g/mol. The van der Waals surface area contributed by atoms with Crippen molar-refractivity contribution >= 4 is 26.9 Å². The number of benzene rings is 2. The fraction of sp³-hybridized carbons (Fsp3) is 0.263. The zero-order chi connectivity index (χ0) is 21.5. The third kappa shape index (κ3) is 3.54. The van der Waals surface area contributed by atoms with Crippen molar-refractivity contribution in [2.75, 3.05) is 6.54 Å². The van der Waals surface area contributed by atoms with E-state index < -0.39 is 44.9 Å². The van der Waals surface area contributed by atoms with Crippen LogP contribution in [0.1, 0.15) is 24.0 Å². The molecule has 0 aliphatic carbocycles. The van der Waals surface area contributed by atoms with Gasteiger partial charge in [0.1, 0.15) is 17.5 Å². The Hall–Kier alpha value is -2.92. The van der Waals surface area contributed by atoms with Gasteiger partial charge in [-0.25, -0.2) is 17.2 Å². The molecule has 0 saturated carbocycles. The molecule has 3 aromatic rings. The van der Waals surface area contributed by atoms with Crippen LogP contribution in [0, 0.1) is 5.95 Å². The van der Waals surface area contributed by atoms with Crippen LogP contribution in [0.4, 0.5) is 13.2 Å². The van der Waals surface area contributed by atoms with Crippen LogP contribution in [0.5, 0.6) is 0 Å². The fourth-order valence-corrected chi connectivity index (χ4v) is 5.07. The number of aromatic nitrogens is 2. The van der Waals surface area contributed by atoms with Crippen LogP contribution in [0.15, 0.2) is 47.4 Å². The summed E-state index contributed by atoms with van der Waals surface area (Å²) in [6.07, 6.45) is -2.79. The van der Waals surface area contributed by atoms with Gasteiger partial charge in [0, 0.05) is 12.1 Å². The first-order valence-corrected chi connectivity index (χ1v) is 10.4. The maximum atomic E-state index is 13.9. The number of H-pyrrole nitrogens is 1. The van der Waals surface area contributed by atoms with E-state index in [0.717, 1.165) is 22.0 Å². The van der Waals surface area contributed by atoms with Crippen molar-refractivity contribution in [3.8, 4) is 0 Å². The molecule has 1 atom stereocenters. The molecule has 0 unspecified atom stereocenters. The summed E-state index contributed by atoms with van der Waals surface area (Å²) in [7, 11) is -4.39. The summed E-state index contributed by atoms with van der Waals surface area (Å²) in [6, 6.07) is 9.38. The van der Waals surface area contributed by atoms with Gasteiger partial charge in [0.25, 0.3) is 6.43 Å². The number of nitrogens with one attached hydrogen (secondary N) is 1. The first-order chi connectivity index (χ1) is 14.3. The van der Waals surface area contributed by atoms with Crippen molar-refractivity contribution in [2.24, 2.45) is 0 Å². The van der Waals surface area contributed by atoms with Gasteiger partial charge in [-0.1, -0.05) is 30.3 Å². The number of fused-ring (bicyclic) bond motifs is 1. The van der Waals surface area contributed by atoms with Crippen molar-refractivity contribution in [3.05, 3.63) is 59.5 Å². The van der Waals surface area contributed by atoms with E-state index >= 15 is 0 Å². The largest absolute Gasteiger partial charge is 0.460 e. The van der Waals surface area contributed by atoms with Crippen LogP contribution in [0.3, 0.4) is 0 Å². The summed E-state index contributed by atoms with van der Waals surface area (Å²) in [5.41, 5.74) is -0.163. The molecule has 0 radical (unpaired) electrons. The first kappa shape index (κ1) is 20.4. The maximum Gasteiger partial charge on any atom is 0.324 e. The van der Waals surface area contributed by atoms with Gasteiger partial charge in [-0.2, -0.15) is 8.70 Å². The third-order valence-electron chi connectivity index (χ3n) is 4.92. The van der Waals surface area contributed by atoms with Gasteiger partial charge in [0.15, 0.2) is 0 Å². The quantitative estimate of drug-likeness (QED) is 0.596. The van der Waals surface area contributed by atoms with E-state index in [-0.39, 0.29) is 30.5 Å². The Kier molecular flexibility index (Phi) is 5.24. The van der Waals surface area contributed by atoms with Crippen LogP contribution in [0.25, 0.3) is 10.9 Å². The summed E-state index contributed by atoms with van der Waals surface area (Å²) >= 11 is 0. The second-order valence-corrected chi connectivity index (χ2v) is 8.63. The number of nitrogens with zero attached hydrogens (tertiary/aromatic N) is 2. The fourth-order valence-electron chi connectivity index (χ4n) is 3.25. The monoisotopic (exact) mass is 439 g/mol. The number of alkyl halides is 2. The smallest absolute Gasteiger partial charge is 0.324 e. The van der Waals surface area contributed by atoms with E-state index in [1.807, 2.05) is 0 Å². The summed E-state index contributed by atoms with van der Waals surface area (Å²) < 4.78 is 72.6. The molecule has 158 valence electrons. The number of halogens is 3. The van der Waals surface area contributed by atoms with E-state index in [2.05, 4.69) is 10.2 Å². The highest BCUT2D eigenvalue weighted by molar-refractivity contribution is 7.89. The Bertz CT molecular complexity index is 1200. The molecule has 1 aliphatic heterocycles. The topological polar surface area (TPSA) is 92.4 Å². The van der Waals surface area contributed by atoms with Gasteiger partial charge in [-0.15, -0.1) is 5.10 Å². The van der Waals surface area contributed by atoms with Crippen LogP contribution >= 0.6 is 0 Å².